The summed E-state index contributed by atoms with van der Waals surface area (Å²) in [5, 5.41) is 12.8. The fourth-order valence-corrected chi connectivity index (χ4v) is 5.28. The van der Waals surface area contributed by atoms with E-state index in [-0.39, 0.29) is 17.4 Å². The molecule has 5 rings (SSSR count). The Hall–Kier alpha value is -3.20. The summed E-state index contributed by atoms with van der Waals surface area (Å²) in [6, 6.07) is 3.91. The largest absolute Gasteiger partial charge is 0.481 e. The van der Waals surface area contributed by atoms with Gasteiger partial charge in [-0.25, -0.2) is 9.97 Å². The lowest BCUT2D eigenvalue weighted by atomic mass is 9.86. The topological polar surface area (TPSA) is 98.1 Å². The van der Waals surface area contributed by atoms with Gasteiger partial charge in [0.2, 0.25) is 11.8 Å². The first kappa shape index (κ1) is 22.6. The van der Waals surface area contributed by atoms with Crippen molar-refractivity contribution in [3.05, 3.63) is 46.4 Å². The normalized spacial score (nSPS) is 20.2. The molecular formula is C24H28ClN7O2. The highest BCUT2D eigenvalue weighted by Crippen LogP contribution is 2.39. The second kappa shape index (κ2) is 8.54. The van der Waals surface area contributed by atoms with E-state index in [0.29, 0.717) is 24.0 Å². The van der Waals surface area contributed by atoms with E-state index in [1.807, 2.05) is 25.8 Å². The molecule has 0 radical (unpaired) electrons. The van der Waals surface area contributed by atoms with Crippen LogP contribution in [-0.4, -0.2) is 61.5 Å². The summed E-state index contributed by atoms with van der Waals surface area (Å²) in [5.41, 5.74) is 4.47. The van der Waals surface area contributed by atoms with Crippen LogP contribution in [0, 0.1) is 6.92 Å². The van der Waals surface area contributed by atoms with Crippen molar-refractivity contribution in [3.63, 3.8) is 0 Å². The van der Waals surface area contributed by atoms with Gasteiger partial charge in [0.05, 0.1) is 29.8 Å². The third-order valence-electron chi connectivity index (χ3n) is 7.00. The second-order valence-electron chi connectivity index (χ2n) is 9.23. The van der Waals surface area contributed by atoms with Crippen LogP contribution in [0.15, 0.2) is 24.5 Å². The van der Waals surface area contributed by atoms with Crippen molar-refractivity contribution in [2.24, 2.45) is 7.05 Å². The Labute approximate surface area is 203 Å². The van der Waals surface area contributed by atoms with Crippen LogP contribution in [0.4, 0.5) is 5.82 Å². The van der Waals surface area contributed by atoms with Gasteiger partial charge in [-0.15, -0.1) is 0 Å². The fraction of sp³-hybridized carbons (Fsp3) is 0.458. The third-order valence-corrected chi connectivity index (χ3v) is 7.31. The molecule has 1 amide bonds. The van der Waals surface area contributed by atoms with E-state index in [1.54, 1.807) is 24.2 Å². The molecule has 0 aliphatic carbocycles. The van der Waals surface area contributed by atoms with Gasteiger partial charge in [-0.3, -0.25) is 4.79 Å². The van der Waals surface area contributed by atoms with Gasteiger partial charge < -0.3 is 15.0 Å². The number of halogens is 1. The van der Waals surface area contributed by atoms with Crippen LogP contribution in [0.2, 0.25) is 5.02 Å². The summed E-state index contributed by atoms with van der Waals surface area (Å²) in [6.07, 6.45) is 6.01. The number of fused-ring (bicyclic) bond motifs is 1. The van der Waals surface area contributed by atoms with Crippen molar-refractivity contribution in [2.75, 3.05) is 25.5 Å². The summed E-state index contributed by atoms with van der Waals surface area (Å²) in [7, 11) is 3.36. The number of amides is 1. The van der Waals surface area contributed by atoms with Crippen molar-refractivity contribution < 1.29 is 9.53 Å². The molecule has 0 aromatic carbocycles. The number of carbonyl (C=O) groups excluding carboxylic acids is 1. The number of hydrogen-bond donors (Lipinski definition) is 1. The summed E-state index contributed by atoms with van der Waals surface area (Å²) in [6.45, 7) is 5.22. The molecule has 1 fully saturated rings. The molecule has 0 bridgehead atoms. The highest BCUT2D eigenvalue weighted by molar-refractivity contribution is 6.31. The quantitative estimate of drug-likeness (QED) is 0.610. The average Bonchev–Trinajstić information content (AvgIpc) is 3.44. The van der Waals surface area contributed by atoms with E-state index in [9.17, 15) is 4.79 Å². The molecule has 1 saturated heterocycles. The molecule has 5 heterocycles. The maximum absolute atomic E-state index is 13.4. The number of methoxy groups -OCH3 is 1. The van der Waals surface area contributed by atoms with Crippen molar-refractivity contribution in [3.8, 4) is 17.1 Å². The Morgan fingerprint density at radius 1 is 1.29 bits per heavy atom. The smallest absolute Gasteiger partial charge is 0.229 e. The maximum Gasteiger partial charge on any atom is 0.229 e. The number of pyridine rings is 2. The van der Waals surface area contributed by atoms with Crippen LogP contribution in [0.5, 0.6) is 5.88 Å². The highest BCUT2D eigenvalue weighted by atomic mass is 35.5. The number of likely N-dealkylation sites (tertiary alicyclic amines) is 1. The molecule has 2 aliphatic heterocycles. The van der Waals surface area contributed by atoms with Crippen LogP contribution in [0.1, 0.15) is 42.5 Å². The van der Waals surface area contributed by atoms with Gasteiger partial charge in [-0.1, -0.05) is 11.6 Å². The Morgan fingerprint density at radius 2 is 2.12 bits per heavy atom. The minimum atomic E-state index is -0.384. The van der Waals surface area contributed by atoms with Crippen molar-refractivity contribution in [2.45, 2.75) is 44.6 Å². The Morgan fingerprint density at radius 3 is 2.85 bits per heavy atom. The predicted octanol–water partition coefficient (Wildman–Crippen LogP) is 3.38. The minimum Gasteiger partial charge on any atom is -0.481 e. The first-order valence-corrected chi connectivity index (χ1v) is 11.8. The van der Waals surface area contributed by atoms with E-state index in [1.165, 1.54) is 11.8 Å². The van der Waals surface area contributed by atoms with Crippen LogP contribution in [0.25, 0.3) is 11.3 Å². The standard InChI is InChI=1S/C24H28ClN7O2/c1-14(17-10-21(34-4)26-11-19(17)25)23(33)32-8-7-24(13-32)6-5-16-9-18(15(2)28-22(16)29-24)20-12-27-31(3)30-20/h9-12,14H,5-8,13H2,1-4H3,(H,28,29)/t14-,24+/m1/s1. The molecule has 0 unspecified atom stereocenters. The molecule has 3 aromatic heterocycles. The van der Waals surface area contributed by atoms with Crippen LogP contribution in [0.3, 0.4) is 0 Å². The number of carbonyl (C=O) groups is 1. The van der Waals surface area contributed by atoms with Gasteiger partial charge in [0.15, 0.2) is 0 Å². The maximum atomic E-state index is 13.4. The Balaban J connectivity index is 1.33. The second-order valence-corrected chi connectivity index (χ2v) is 9.64. The molecule has 1 spiro atoms. The summed E-state index contributed by atoms with van der Waals surface area (Å²) >= 11 is 6.35. The number of hydrogen-bond acceptors (Lipinski definition) is 7. The Kier molecular flexibility index (Phi) is 5.67. The number of rotatable bonds is 4. The van der Waals surface area contributed by atoms with Gasteiger partial charge in [0.1, 0.15) is 11.5 Å². The summed E-state index contributed by atoms with van der Waals surface area (Å²) in [5.74, 6) is 1.03. The van der Waals surface area contributed by atoms with Gasteiger partial charge in [0.25, 0.3) is 0 Å². The van der Waals surface area contributed by atoms with Crippen LogP contribution >= 0.6 is 11.6 Å². The van der Waals surface area contributed by atoms with Gasteiger partial charge in [-0.2, -0.15) is 15.0 Å². The number of nitrogens with one attached hydrogen (secondary N) is 1. The molecule has 10 heteroatoms. The van der Waals surface area contributed by atoms with Crippen LogP contribution < -0.4 is 10.1 Å². The fourth-order valence-electron chi connectivity index (χ4n) is 5.01. The van der Waals surface area contributed by atoms with Crippen molar-refractivity contribution in [1.29, 1.82) is 0 Å². The number of nitrogens with zero attached hydrogens (tertiary/aromatic N) is 6. The first-order valence-electron chi connectivity index (χ1n) is 11.4. The molecular weight excluding hydrogens is 454 g/mol. The SMILES string of the molecule is COc1cc([C@@H](C)C(=O)N2CC[C@@]3(CCc4cc(-c5cnn(C)n5)c(C)nc4N3)C2)c(Cl)cn1. The van der Waals surface area contributed by atoms with Crippen LogP contribution in [-0.2, 0) is 18.3 Å². The monoisotopic (exact) mass is 481 g/mol. The van der Waals surface area contributed by atoms with E-state index in [2.05, 4.69) is 26.6 Å². The zero-order valence-corrected chi connectivity index (χ0v) is 20.6. The van der Waals surface area contributed by atoms with E-state index >= 15 is 0 Å². The highest BCUT2D eigenvalue weighted by Gasteiger charge is 2.43. The molecule has 178 valence electrons. The summed E-state index contributed by atoms with van der Waals surface area (Å²) in [4.78, 5) is 25.9. The lowest BCUT2D eigenvalue weighted by Gasteiger charge is -2.36. The molecule has 2 atom stereocenters. The first-order chi connectivity index (χ1) is 16.3. The number of anilines is 1. The number of aryl methyl sites for hydroxylation is 3. The third kappa shape index (κ3) is 3.98. The average molecular weight is 482 g/mol. The number of aromatic nitrogens is 5. The Bertz CT molecular complexity index is 1260. The molecule has 1 N–H and O–H groups in total. The van der Waals surface area contributed by atoms with Gasteiger partial charge in [-0.05, 0) is 50.3 Å². The molecule has 3 aromatic rings. The molecule has 0 saturated carbocycles. The minimum absolute atomic E-state index is 0.0572. The van der Waals surface area contributed by atoms with Crippen molar-refractivity contribution >= 4 is 23.3 Å². The lowest BCUT2D eigenvalue weighted by molar-refractivity contribution is -0.131. The molecule has 34 heavy (non-hydrogen) atoms. The number of ether oxygens (including phenoxy) is 1. The van der Waals surface area contributed by atoms with Crippen molar-refractivity contribution in [1.82, 2.24) is 29.9 Å². The predicted molar refractivity (Wildman–Crippen MR) is 129 cm³/mol. The molecule has 9 nitrogen and oxygen atoms in total. The van der Waals surface area contributed by atoms with E-state index in [0.717, 1.165) is 47.6 Å². The van der Waals surface area contributed by atoms with E-state index < -0.39 is 0 Å². The zero-order chi connectivity index (χ0) is 24.0. The zero-order valence-electron chi connectivity index (χ0n) is 19.8. The van der Waals surface area contributed by atoms with E-state index in [4.69, 9.17) is 21.3 Å². The van der Waals surface area contributed by atoms with Gasteiger partial charge >= 0.3 is 0 Å². The molecule has 2 aliphatic rings. The lowest BCUT2D eigenvalue weighted by Crippen LogP contribution is -2.46. The summed E-state index contributed by atoms with van der Waals surface area (Å²) < 4.78 is 5.22. The van der Waals surface area contributed by atoms with Gasteiger partial charge in [0, 0.05) is 43.7 Å².